The van der Waals surface area contributed by atoms with E-state index < -0.39 is 0 Å². The van der Waals surface area contributed by atoms with Crippen LogP contribution in [0.1, 0.15) is 47.5 Å². The highest BCUT2D eigenvalue weighted by Gasteiger charge is 2.22. The summed E-state index contributed by atoms with van der Waals surface area (Å²) in [7, 11) is 1.67. The van der Waals surface area contributed by atoms with Gasteiger partial charge >= 0.3 is 6.03 Å². The van der Waals surface area contributed by atoms with Crippen molar-refractivity contribution in [2.24, 2.45) is 5.92 Å². The van der Waals surface area contributed by atoms with Crippen molar-refractivity contribution in [2.45, 2.75) is 65.1 Å². The maximum absolute atomic E-state index is 11.9. The Hall–Kier alpha value is -0.810. The molecule has 2 unspecified atom stereocenters. The van der Waals surface area contributed by atoms with E-state index in [-0.39, 0.29) is 30.3 Å². The Morgan fingerprint density at radius 2 is 1.84 bits per heavy atom. The molecule has 0 bridgehead atoms. The Kier molecular flexibility index (Phi) is 8.02. The van der Waals surface area contributed by atoms with Crippen molar-refractivity contribution in [3.63, 3.8) is 0 Å². The van der Waals surface area contributed by atoms with Gasteiger partial charge in [0.2, 0.25) is 0 Å². The standard InChI is InChI=1S/C14H30N2O3/c1-10(2)12(7-8-17)16-13(18)15-11(3)9-14(4,5)19-6/h10-12,17H,7-9H2,1-6H3,(H2,15,16,18). The molecule has 114 valence electrons. The largest absolute Gasteiger partial charge is 0.396 e. The SMILES string of the molecule is COC(C)(C)CC(C)NC(=O)NC(CCO)C(C)C. The molecule has 3 N–H and O–H groups in total. The summed E-state index contributed by atoms with van der Waals surface area (Å²) in [4.78, 5) is 11.9. The van der Waals surface area contributed by atoms with Gasteiger partial charge < -0.3 is 20.5 Å². The Morgan fingerprint density at radius 3 is 2.26 bits per heavy atom. The van der Waals surface area contributed by atoms with Crippen molar-refractivity contribution >= 4 is 6.03 Å². The first kappa shape index (κ1) is 18.2. The van der Waals surface area contributed by atoms with Crippen LogP contribution in [0.3, 0.4) is 0 Å². The molecule has 0 fully saturated rings. The second kappa shape index (κ2) is 8.38. The summed E-state index contributed by atoms with van der Waals surface area (Å²) in [5.41, 5.74) is -0.255. The quantitative estimate of drug-likeness (QED) is 0.633. The first-order chi connectivity index (χ1) is 8.71. The van der Waals surface area contributed by atoms with E-state index in [1.165, 1.54) is 0 Å². The summed E-state index contributed by atoms with van der Waals surface area (Å²) in [6.45, 7) is 10.1. The molecule has 0 spiro atoms. The van der Waals surface area contributed by atoms with E-state index in [1.807, 2.05) is 34.6 Å². The summed E-state index contributed by atoms with van der Waals surface area (Å²) in [5.74, 6) is 0.295. The summed E-state index contributed by atoms with van der Waals surface area (Å²) >= 11 is 0. The number of nitrogens with one attached hydrogen (secondary N) is 2. The van der Waals surface area contributed by atoms with Gasteiger partial charge in [-0.2, -0.15) is 0 Å². The van der Waals surface area contributed by atoms with E-state index in [1.54, 1.807) is 7.11 Å². The lowest BCUT2D eigenvalue weighted by Crippen LogP contribution is -2.49. The van der Waals surface area contributed by atoms with Crippen molar-refractivity contribution < 1.29 is 14.6 Å². The highest BCUT2D eigenvalue weighted by Crippen LogP contribution is 2.15. The highest BCUT2D eigenvalue weighted by molar-refractivity contribution is 5.74. The average Bonchev–Trinajstić information content (AvgIpc) is 2.27. The van der Waals surface area contributed by atoms with E-state index in [0.29, 0.717) is 12.3 Å². The van der Waals surface area contributed by atoms with Gasteiger partial charge in [0.25, 0.3) is 0 Å². The van der Waals surface area contributed by atoms with Crippen molar-refractivity contribution in [3.05, 3.63) is 0 Å². The number of methoxy groups -OCH3 is 1. The minimum atomic E-state index is -0.255. The average molecular weight is 274 g/mol. The van der Waals surface area contributed by atoms with Crippen LogP contribution in [0.2, 0.25) is 0 Å². The summed E-state index contributed by atoms with van der Waals surface area (Å²) in [6.07, 6.45) is 1.31. The highest BCUT2D eigenvalue weighted by atomic mass is 16.5. The van der Waals surface area contributed by atoms with Crippen LogP contribution in [-0.2, 0) is 4.74 Å². The third kappa shape index (κ3) is 8.06. The number of hydrogen-bond acceptors (Lipinski definition) is 3. The molecule has 0 rings (SSSR count). The molecule has 5 nitrogen and oxygen atoms in total. The third-order valence-corrected chi connectivity index (χ3v) is 3.29. The zero-order valence-corrected chi connectivity index (χ0v) is 13.1. The van der Waals surface area contributed by atoms with E-state index in [4.69, 9.17) is 9.84 Å². The lowest BCUT2D eigenvalue weighted by molar-refractivity contribution is 0.00946. The Morgan fingerprint density at radius 1 is 1.26 bits per heavy atom. The first-order valence-corrected chi connectivity index (χ1v) is 6.95. The number of aliphatic hydroxyl groups is 1. The summed E-state index contributed by atoms with van der Waals surface area (Å²) in [5, 5.41) is 14.8. The lowest BCUT2D eigenvalue weighted by Gasteiger charge is -2.28. The van der Waals surface area contributed by atoms with Gasteiger partial charge in [0.15, 0.2) is 0 Å². The fourth-order valence-corrected chi connectivity index (χ4v) is 2.02. The molecule has 0 aromatic heterocycles. The van der Waals surface area contributed by atoms with Crippen LogP contribution in [-0.4, -0.2) is 42.5 Å². The molecule has 0 heterocycles. The van der Waals surface area contributed by atoms with Gasteiger partial charge in [-0.3, -0.25) is 0 Å². The maximum Gasteiger partial charge on any atom is 0.315 e. The van der Waals surface area contributed by atoms with E-state index >= 15 is 0 Å². The Bertz CT molecular complexity index is 267. The molecule has 0 aliphatic carbocycles. The topological polar surface area (TPSA) is 70.6 Å². The van der Waals surface area contributed by atoms with Crippen molar-refractivity contribution in [1.29, 1.82) is 0 Å². The smallest absolute Gasteiger partial charge is 0.315 e. The monoisotopic (exact) mass is 274 g/mol. The summed E-state index contributed by atoms with van der Waals surface area (Å²) in [6, 6.07) is -0.170. The number of hydrogen-bond donors (Lipinski definition) is 3. The van der Waals surface area contributed by atoms with Crippen LogP contribution >= 0.6 is 0 Å². The molecule has 2 amide bonds. The number of aliphatic hydroxyl groups excluding tert-OH is 1. The van der Waals surface area contributed by atoms with Gasteiger partial charge in [0.1, 0.15) is 0 Å². The molecule has 0 saturated carbocycles. The molecule has 0 aliphatic rings. The fourth-order valence-electron chi connectivity index (χ4n) is 2.02. The predicted molar refractivity (Wildman–Crippen MR) is 77.2 cm³/mol. The number of rotatable bonds is 8. The van der Waals surface area contributed by atoms with Crippen molar-refractivity contribution in [3.8, 4) is 0 Å². The number of amides is 2. The van der Waals surface area contributed by atoms with E-state index in [0.717, 1.165) is 6.42 Å². The minimum Gasteiger partial charge on any atom is -0.396 e. The van der Waals surface area contributed by atoms with Gasteiger partial charge in [-0.1, -0.05) is 13.8 Å². The number of carbonyl (C=O) groups excluding carboxylic acids is 1. The van der Waals surface area contributed by atoms with E-state index in [2.05, 4.69) is 10.6 Å². The zero-order valence-electron chi connectivity index (χ0n) is 13.1. The van der Waals surface area contributed by atoms with Crippen molar-refractivity contribution in [2.75, 3.05) is 13.7 Å². The van der Waals surface area contributed by atoms with Crippen LogP contribution in [0.15, 0.2) is 0 Å². The van der Waals surface area contributed by atoms with Gasteiger partial charge in [-0.25, -0.2) is 4.79 Å². The maximum atomic E-state index is 11.9. The molecule has 0 aliphatic heterocycles. The van der Waals surface area contributed by atoms with Crippen LogP contribution in [0.5, 0.6) is 0 Å². The predicted octanol–water partition coefficient (Wildman–Crippen LogP) is 1.90. The molecular formula is C14H30N2O3. The molecular weight excluding hydrogens is 244 g/mol. The van der Waals surface area contributed by atoms with Crippen LogP contribution < -0.4 is 10.6 Å². The van der Waals surface area contributed by atoms with Crippen LogP contribution in [0.25, 0.3) is 0 Å². The molecule has 0 saturated heterocycles. The van der Waals surface area contributed by atoms with E-state index in [9.17, 15) is 4.79 Å². The molecule has 0 aromatic carbocycles. The molecule has 19 heavy (non-hydrogen) atoms. The zero-order chi connectivity index (χ0) is 15.1. The molecule has 2 atom stereocenters. The fraction of sp³-hybridized carbons (Fsp3) is 0.929. The van der Waals surface area contributed by atoms with Gasteiger partial charge in [0, 0.05) is 25.8 Å². The van der Waals surface area contributed by atoms with Gasteiger partial charge in [-0.15, -0.1) is 0 Å². The molecule has 5 heteroatoms. The normalized spacial score (nSPS) is 15.2. The number of carbonyl (C=O) groups is 1. The van der Waals surface area contributed by atoms with Crippen LogP contribution in [0, 0.1) is 5.92 Å². The Labute approximate surface area is 117 Å². The summed E-state index contributed by atoms with van der Waals surface area (Å²) < 4.78 is 5.34. The first-order valence-electron chi connectivity index (χ1n) is 6.95. The Balaban J connectivity index is 4.22. The number of urea groups is 1. The van der Waals surface area contributed by atoms with Gasteiger partial charge in [-0.05, 0) is 39.5 Å². The van der Waals surface area contributed by atoms with Crippen LogP contribution in [0.4, 0.5) is 4.79 Å². The lowest BCUT2D eigenvalue weighted by atomic mass is 10.00. The van der Waals surface area contributed by atoms with Gasteiger partial charge in [0.05, 0.1) is 5.60 Å². The second-order valence-corrected chi connectivity index (χ2v) is 6.05. The van der Waals surface area contributed by atoms with Crippen molar-refractivity contribution in [1.82, 2.24) is 10.6 Å². The molecule has 0 radical (unpaired) electrons. The minimum absolute atomic E-state index is 0.00682. The molecule has 0 aromatic rings. The third-order valence-electron chi connectivity index (χ3n) is 3.29. The number of ether oxygens (including phenoxy) is 1. The second-order valence-electron chi connectivity index (χ2n) is 6.05.